The van der Waals surface area contributed by atoms with Crippen LogP contribution >= 0.6 is 27.3 Å². The van der Waals surface area contributed by atoms with Gasteiger partial charge in [0.15, 0.2) is 0 Å². The molecule has 1 N–H and O–H groups in total. The zero-order valence-electron chi connectivity index (χ0n) is 9.19. The highest BCUT2D eigenvalue weighted by molar-refractivity contribution is 9.10. The van der Waals surface area contributed by atoms with Gasteiger partial charge in [-0.15, -0.1) is 11.3 Å². The third kappa shape index (κ3) is 2.94. The minimum atomic E-state index is -0.864. The number of benzene rings is 1. The van der Waals surface area contributed by atoms with Gasteiger partial charge in [-0.1, -0.05) is 6.07 Å². The molecule has 0 aliphatic rings. The monoisotopic (exact) mass is 329 g/mol. The second-order valence-electron chi connectivity index (χ2n) is 3.63. The number of aryl methyl sites for hydroxylation is 1. The highest BCUT2D eigenvalue weighted by atomic mass is 79.9. The number of carboxylic acids is 1. The highest BCUT2D eigenvalue weighted by Crippen LogP contribution is 2.33. The molecule has 3 nitrogen and oxygen atoms in total. The van der Waals surface area contributed by atoms with E-state index in [1.54, 1.807) is 17.5 Å². The molecular formula is C12H9BrFNO2S. The first-order valence-electron chi connectivity index (χ1n) is 5.18. The summed E-state index contributed by atoms with van der Waals surface area (Å²) < 4.78 is 14.3. The van der Waals surface area contributed by atoms with Crippen LogP contribution in [0.4, 0.5) is 4.39 Å². The molecule has 1 aromatic heterocycles. The Kier molecular flexibility index (Phi) is 4.08. The fraction of sp³-hybridized carbons (Fsp3) is 0.167. The molecule has 0 spiro atoms. The fourth-order valence-electron chi connectivity index (χ4n) is 1.47. The molecule has 0 amide bonds. The van der Waals surface area contributed by atoms with E-state index in [2.05, 4.69) is 20.9 Å². The predicted molar refractivity (Wildman–Crippen MR) is 71.2 cm³/mol. The van der Waals surface area contributed by atoms with E-state index in [-0.39, 0.29) is 12.2 Å². The quantitative estimate of drug-likeness (QED) is 0.929. The van der Waals surface area contributed by atoms with Gasteiger partial charge in [0.05, 0.1) is 17.7 Å². The van der Waals surface area contributed by atoms with E-state index in [0.717, 1.165) is 0 Å². The summed E-state index contributed by atoms with van der Waals surface area (Å²) in [6, 6.07) is 4.73. The van der Waals surface area contributed by atoms with Crippen molar-refractivity contribution in [2.24, 2.45) is 0 Å². The molecule has 0 fully saturated rings. The van der Waals surface area contributed by atoms with Crippen LogP contribution in [0.15, 0.2) is 28.1 Å². The van der Waals surface area contributed by atoms with Crippen molar-refractivity contribution >= 4 is 33.2 Å². The molecular weight excluding hydrogens is 321 g/mol. The van der Waals surface area contributed by atoms with E-state index in [0.29, 0.717) is 27.2 Å². The number of aliphatic carboxylic acids is 1. The van der Waals surface area contributed by atoms with Gasteiger partial charge in [0, 0.05) is 16.3 Å². The summed E-state index contributed by atoms with van der Waals surface area (Å²) in [6.07, 6.45) is 0.388. The summed E-state index contributed by atoms with van der Waals surface area (Å²) in [5.74, 6) is -1.21. The van der Waals surface area contributed by atoms with Crippen molar-refractivity contribution in [1.82, 2.24) is 4.98 Å². The van der Waals surface area contributed by atoms with Crippen LogP contribution in [-0.4, -0.2) is 16.1 Å². The van der Waals surface area contributed by atoms with Gasteiger partial charge in [-0.25, -0.2) is 9.37 Å². The molecule has 2 aromatic rings. The lowest BCUT2D eigenvalue weighted by Crippen LogP contribution is -1.97. The molecule has 2 rings (SSSR count). The minimum absolute atomic E-state index is 0.0294. The Morgan fingerprint density at radius 3 is 2.94 bits per heavy atom. The summed E-state index contributed by atoms with van der Waals surface area (Å²) in [7, 11) is 0. The van der Waals surface area contributed by atoms with Crippen LogP contribution in [0.2, 0.25) is 0 Å². The second kappa shape index (κ2) is 5.58. The molecule has 1 aromatic carbocycles. The lowest BCUT2D eigenvalue weighted by Gasteiger charge is -2.01. The smallest absolute Gasteiger partial charge is 0.303 e. The predicted octanol–water partition coefficient (Wildman–Crippen LogP) is 3.73. The van der Waals surface area contributed by atoms with E-state index in [1.165, 1.54) is 17.4 Å². The Morgan fingerprint density at radius 1 is 1.50 bits per heavy atom. The average molecular weight is 330 g/mol. The van der Waals surface area contributed by atoms with Crippen molar-refractivity contribution < 1.29 is 14.3 Å². The number of thiazole rings is 1. The Bertz CT molecular complexity index is 565. The van der Waals surface area contributed by atoms with Crippen LogP contribution in [0.25, 0.3) is 10.6 Å². The molecule has 18 heavy (non-hydrogen) atoms. The first kappa shape index (κ1) is 13.2. The number of halogens is 2. The maximum Gasteiger partial charge on any atom is 0.303 e. The molecule has 0 atom stereocenters. The maximum atomic E-state index is 13.7. The lowest BCUT2D eigenvalue weighted by atomic mass is 10.2. The lowest BCUT2D eigenvalue weighted by molar-refractivity contribution is -0.136. The molecule has 6 heteroatoms. The van der Waals surface area contributed by atoms with Gasteiger partial charge in [-0.3, -0.25) is 4.79 Å². The topological polar surface area (TPSA) is 50.2 Å². The van der Waals surface area contributed by atoms with Gasteiger partial charge in [0.2, 0.25) is 0 Å². The minimum Gasteiger partial charge on any atom is -0.481 e. The Labute approximate surface area is 115 Å². The number of carbonyl (C=O) groups is 1. The third-order valence-corrected chi connectivity index (χ3v) is 3.89. The van der Waals surface area contributed by atoms with Crippen molar-refractivity contribution in [1.29, 1.82) is 0 Å². The van der Waals surface area contributed by atoms with E-state index < -0.39 is 5.97 Å². The van der Waals surface area contributed by atoms with Crippen LogP contribution in [0.3, 0.4) is 0 Å². The van der Waals surface area contributed by atoms with Gasteiger partial charge in [0.25, 0.3) is 0 Å². The summed E-state index contributed by atoms with van der Waals surface area (Å²) in [5, 5.41) is 10.9. The van der Waals surface area contributed by atoms with Crippen molar-refractivity contribution in [2.75, 3.05) is 0 Å². The Hall–Kier alpha value is -1.27. The van der Waals surface area contributed by atoms with Gasteiger partial charge < -0.3 is 5.11 Å². The summed E-state index contributed by atoms with van der Waals surface area (Å²) in [4.78, 5) is 14.7. The normalized spacial score (nSPS) is 10.6. The van der Waals surface area contributed by atoms with Crippen LogP contribution in [0.1, 0.15) is 12.1 Å². The molecule has 0 bridgehead atoms. The molecule has 0 saturated carbocycles. The number of aromatic nitrogens is 1. The summed E-state index contributed by atoms with van der Waals surface area (Å²) >= 11 is 4.60. The Balaban J connectivity index is 2.27. The molecule has 0 aliphatic carbocycles. The Morgan fingerprint density at radius 2 is 2.28 bits per heavy atom. The van der Waals surface area contributed by atoms with Gasteiger partial charge in [-0.05, 0) is 28.1 Å². The molecule has 94 valence electrons. The van der Waals surface area contributed by atoms with Crippen molar-refractivity contribution in [3.63, 3.8) is 0 Å². The average Bonchev–Trinajstić information content (AvgIpc) is 2.75. The van der Waals surface area contributed by atoms with E-state index in [4.69, 9.17) is 5.11 Å². The maximum absolute atomic E-state index is 13.7. The van der Waals surface area contributed by atoms with Gasteiger partial charge in [-0.2, -0.15) is 0 Å². The van der Waals surface area contributed by atoms with E-state index in [9.17, 15) is 9.18 Å². The first-order valence-corrected chi connectivity index (χ1v) is 6.86. The van der Waals surface area contributed by atoms with Crippen LogP contribution in [0, 0.1) is 5.82 Å². The molecule has 1 heterocycles. The van der Waals surface area contributed by atoms with E-state index in [1.807, 2.05) is 0 Å². The summed E-state index contributed by atoms with van der Waals surface area (Å²) in [5.41, 5.74) is 1.09. The SMILES string of the molecule is O=C(O)CCc1csc(-c2c(F)cccc2Br)n1. The highest BCUT2D eigenvalue weighted by Gasteiger charge is 2.13. The van der Waals surface area contributed by atoms with E-state index >= 15 is 0 Å². The number of carboxylic acid groups (broad SMARTS) is 1. The van der Waals surface area contributed by atoms with Gasteiger partial charge in [0.1, 0.15) is 10.8 Å². The zero-order valence-corrected chi connectivity index (χ0v) is 11.6. The van der Waals surface area contributed by atoms with Gasteiger partial charge >= 0.3 is 5.97 Å². The molecule has 0 unspecified atom stereocenters. The van der Waals surface area contributed by atoms with Crippen molar-refractivity contribution in [2.45, 2.75) is 12.8 Å². The van der Waals surface area contributed by atoms with Crippen LogP contribution < -0.4 is 0 Å². The zero-order chi connectivity index (χ0) is 13.1. The number of hydrogen-bond acceptors (Lipinski definition) is 3. The largest absolute Gasteiger partial charge is 0.481 e. The first-order chi connectivity index (χ1) is 8.58. The fourth-order valence-corrected chi connectivity index (χ4v) is 3.05. The van der Waals surface area contributed by atoms with Crippen molar-refractivity contribution in [3.05, 3.63) is 39.6 Å². The van der Waals surface area contributed by atoms with Crippen molar-refractivity contribution in [3.8, 4) is 10.6 Å². The number of hydrogen-bond donors (Lipinski definition) is 1. The summed E-state index contributed by atoms with van der Waals surface area (Å²) in [6.45, 7) is 0. The van der Waals surface area contributed by atoms with Crippen LogP contribution in [0.5, 0.6) is 0 Å². The molecule has 0 radical (unpaired) electrons. The molecule has 0 saturated heterocycles. The third-order valence-electron chi connectivity index (χ3n) is 2.32. The second-order valence-corrected chi connectivity index (χ2v) is 5.35. The number of nitrogens with zero attached hydrogens (tertiary/aromatic N) is 1. The number of rotatable bonds is 4. The van der Waals surface area contributed by atoms with Crippen LogP contribution in [-0.2, 0) is 11.2 Å². The standard InChI is InChI=1S/C12H9BrFNO2S/c13-8-2-1-3-9(14)11(8)12-15-7(6-18-12)4-5-10(16)17/h1-3,6H,4-5H2,(H,16,17). The molecule has 0 aliphatic heterocycles.